The van der Waals surface area contributed by atoms with Gasteiger partial charge in [-0.2, -0.15) is 5.10 Å². The van der Waals surface area contributed by atoms with Gasteiger partial charge in [0.05, 0.1) is 24.0 Å². The second-order valence-electron chi connectivity index (χ2n) is 3.64. The van der Waals surface area contributed by atoms with Gasteiger partial charge in [0.1, 0.15) is 5.75 Å². The third kappa shape index (κ3) is 2.43. The molecule has 0 fully saturated rings. The number of rotatable bonds is 4. The minimum atomic E-state index is 0.656. The Labute approximate surface area is 105 Å². The van der Waals surface area contributed by atoms with Crippen LogP contribution in [0.4, 0.5) is 0 Å². The monoisotopic (exact) mass is 251 g/mol. The molecule has 17 heavy (non-hydrogen) atoms. The number of benzene rings is 1. The summed E-state index contributed by atoms with van der Waals surface area (Å²) >= 11 is 6.23. The first kappa shape index (κ1) is 12.0. The molecule has 0 radical (unpaired) electrons. The van der Waals surface area contributed by atoms with Crippen LogP contribution in [0.25, 0.3) is 11.1 Å². The molecule has 0 aliphatic carbocycles. The topological polar surface area (TPSA) is 49.9 Å². The van der Waals surface area contributed by atoms with E-state index in [1.165, 1.54) is 0 Å². The van der Waals surface area contributed by atoms with Crippen LogP contribution in [-0.4, -0.2) is 24.4 Å². The van der Waals surface area contributed by atoms with Gasteiger partial charge in [0.15, 0.2) is 0 Å². The highest BCUT2D eigenvalue weighted by atomic mass is 35.5. The van der Waals surface area contributed by atoms with Crippen molar-refractivity contribution in [3.05, 3.63) is 35.1 Å². The molecule has 2 N–H and O–H groups in total. The fourth-order valence-electron chi connectivity index (χ4n) is 1.70. The molecule has 4 nitrogen and oxygen atoms in total. The van der Waals surface area contributed by atoms with E-state index in [2.05, 4.69) is 15.5 Å². The molecule has 2 aromatic rings. The third-order valence-corrected chi connectivity index (χ3v) is 2.85. The molecule has 0 spiro atoms. The second-order valence-corrected chi connectivity index (χ2v) is 4.05. The second kappa shape index (κ2) is 5.21. The highest BCUT2D eigenvalue weighted by Gasteiger charge is 2.11. The zero-order valence-electron chi connectivity index (χ0n) is 9.75. The van der Waals surface area contributed by atoms with Crippen LogP contribution < -0.4 is 10.1 Å². The van der Waals surface area contributed by atoms with Crippen LogP contribution in [0.3, 0.4) is 0 Å². The minimum absolute atomic E-state index is 0.656. The first-order chi connectivity index (χ1) is 8.26. The number of methoxy groups -OCH3 is 1. The fraction of sp³-hybridized carbons (Fsp3) is 0.250. The van der Waals surface area contributed by atoms with Gasteiger partial charge >= 0.3 is 0 Å². The van der Waals surface area contributed by atoms with E-state index in [9.17, 15) is 0 Å². The first-order valence-corrected chi connectivity index (χ1v) is 5.64. The molecule has 1 heterocycles. The third-order valence-electron chi connectivity index (χ3n) is 2.54. The first-order valence-electron chi connectivity index (χ1n) is 5.27. The predicted octanol–water partition coefficient (Wildman–Crippen LogP) is 2.46. The van der Waals surface area contributed by atoms with Crippen molar-refractivity contribution in [1.29, 1.82) is 0 Å². The Morgan fingerprint density at radius 2 is 2.24 bits per heavy atom. The summed E-state index contributed by atoms with van der Waals surface area (Å²) in [7, 11) is 3.51. The number of hydrogen-bond donors (Lipinski definition) is 2. The zero-order chi connectivity index (χ0) is 12.3. The maximum atomic E-state index is 6.23. The lowest BCUT2D eigenvalue weighted by Gasteiger charge is -2.07. The summed E-state index contributed by atoms with van der Waals surface area (Å²) in [6.45, 7) is 0.720. The van der Waals surface area contributed by atoms with E-state index >= 15 is 0 Å². The van der Waals surface area contributed by atoms with Gasteiger partial charge in [-0.3, -0.25) is 5.10 Å². The molecule has 0 amide bonds. The standard InChI is InChI=1S/C12H14ClN3O/c1-14-7-12-10(6-15-16-12)9-4-3-8(17-2)5-11(9)13/h3-6,14H,7H2,1-2H3,(H,15,16). The lowest BCUT2D eigenvalue weighted by Crippen LogP contribution is -2.06. The van der Waals surface area contributed by atoms with E-state index in [1.807, 2.05) is 19.2 Å². The summed E-state index contributed by atoms with van der Waals surface area (Å²) < 4.78 is 5.12. The number of aromatic nitrogens is 2. The van der Waals surface area contributed by atoms with E-state index in [0.717, 1.165) is 29.1 Å². The Morgan fingerprint density at radius 1 is 1.41 bits per heavy atom. The molecule has 0 unspecified atom stereocenters. The normalized spacial score (nSPS) is 10.5. The molecule has 2 rings (SSSR count). The maximum Gasteiger partial charge on any atom is 0.120 e. The average molecular weight is 252 g/mol. The summed E-state index contributed by atoms with van der Waals surface area (Å²) in [6.07, 6.45) is 1.78. The van der Waals surface area contributed by atoms with Gasteiger partial charge in [-0.1, -0.05) is 11.6 Å². The highest BCUT2D eigenvalue weighted by Crippen LogP contribution is 2.32. The number of aromatic amines is 1. The number of nitrogens with zero attached hydrogens (tertiary/aromatic N) is 1. The van der Waals surface area contributed by atoms with Crippen molar-refractivity contribution in [1.82, 2.24) is 15.5 Å². The Kier molecular flexibility index (Phi) is 3.66. The number of nitrogens with one attached hydrogen (secondary N) is 2. The zero-order valence-corrected chi connectivity index (χ0v) is 10.5. The van der Waals surface area contributed by atoms with Crippen molar-refractivity contribution in [2.75, 3.05) is 14.2 Å². The van der Waals surface area contributed by atoms with Crippen LogP contribution in [0.15, 0.2) is 24.4 Å². The highest BCUT2D eigenvalue weighted by molar-refractivity contribution is 6.33. The molecule has 0 saturated heterocycles. The largest absolute Gasteiger partial charge is 0.497 e. The summed E-state index contributed by atoms with van der Waals surface area (Å²) in [6, 6.07) is 5.62. The lowest BCUT2D eigenvalue weighted by molar-refractivity contribution is 0.415. The van der Waals surface area contributed by atoms with E-state index < -0.39 is 0 Å². The molecular weight excluding hydrogens is 238 g/mol. The van der Waals surface area contributed by atoms with Crippen LogP contribution in [0, 0.1) is 0 Å². The van der Waals surface area contributed by atoms with Gasteiger partial charge in [0, 0.05) is 17.7 Å². The molecular formula is C12H14ClN3O. The molecule has 0 bridgehead atoms. The van der Waals surface area contributed by atoms with Crippen LogP contribution in [0.2, 0.25) is 5.02 Å². The Balaban J connectivity index is 2.42. The van der Waals surface area contributed by atoms with E-state index in [4.69, 9.17) is 16.3 Å². The summed E-state index contributed by atoms with van der Waals surface area (Å²) in [4.78, 5) is 0. The molecule has 1 aromatic carbocycles. The Hall–Kier alpha value is -1.52. The lowest BCUT2D eigenvalue weighted by atomic mass is 10.1. The van der Waals surface area contributed by atoms with Crippen LogP contribution in [0.1, 0.15) is 5.69 Å². The molecule has 0 aliphatic heterocycles. The molecule has 0 saturated carbocycles. The smallest absolute Gasteiger partial charge is 0.120 e. The van der Waals surface area contributed by atoms with E-state index in [0.29, 0.717) is 5.02 Å². The van der Waals surface area contributed by atoms with Crippen molar-refractivity contribution < 1.29 is 4.74 Å². The van der Waals surface area contributed by atoms with Gasteiger partial charge in [-0.15, -0.1) is 0 Å². The van der Waals surface area contributed by atoms with Crippen molar-refractivity contribution in [2.24, 2.45) is 0 Å². The predicted molar refractivity (Wildman–Crippen MR) is 68.3 cm³/mol. The molecule has 5 heteroatoms. The Morgan fingerprint density at radius 3 is 2.88 bits per heavy atom. The van der Waals surface area contributed by atoms with Crippen molar-refractivity contribution in [3.8, 4) is 16.9 Å². The minimum Gasteiger partial charge on any atom is -0.497 e. The van der Waals surface area contributed by atoms with Gasteiger partial charge in [0.2, 0.25) is 0 Å². The summed E-state index contributed by atoms with van der Waals surface area (Å²) in [5.74, 6) is 0.748. The molecule has 90 valence electrons. The number of H-pyrrole nitrogens is 1. The van der Waals surface area contributed by atoms with Gasteiger partial charge in [-0.25, -0.2) is 0 Å². The fourth-order valence-corrected chi connectivity index (χ4v) is 1.97. The summed E-state index contributed by atoms with van der Waals surface area (Å²) in [5, 5.41) is 10.7. The SMILES string of the molecule is CNCc1[nH]ncc1-c1ccc(OC)cc1Cl. The van der Waals surface area contributed by atoms with Gasteiger partial charge in [-0.05, 0) is 25.2 Å². The summed E-state index contributed by atoms with van der Waals surface area (Å²) in [5.41, 5.74) is 2.97. The number of halogens is 1. The number of ether oxygens (including phenoxy) is 1. The molecule has 0 atom stereocenters. The average Bonchev–Trinajstić information content (AvgIpc) is 2.77. The van der Waals surface area contributed by atoms with Crippen molar-refractivity contribution in [2.45, 2.75) is 6.54 Å². The van der Waals surface area contributed by atoms with Crippen molar-refractivity contribution in [3.63, 3.8) is 0 Å². The van der Waals surface area contributed by atoms with E-state index in [1.54, 1.807) is 19.4 Å². The van der Waals surface area contributed by atoms with Gasteiger partial charge in [0.25, 0.3) is 0 Å². The van der Waals surface area contributed by atoms with Crippen LogP contribution in [-0.2, 0) is 6.54 Å². The quantitative estimate of drug-likeness (QED) is 0.878. The Bertz CT molecular complexity index is 510. The molecule has 0 aliphatic rings. The van der Waals surface area contributed by atoms with Gasteiger partial charge < -0.3 is 10.1 Å². The van der Waals surface area contributed by atoms with Crippen LogP contribution in [0.5, 0.6) is 5.75 Å². The van der Waals surface area contributed by atoms with Crippen LogP contribution >= 0.6 is 11.6 Å². The molecule has 1 aromatic heterocycles. The van der Waals surface area contributed by atoms with Crippen molar-refractivity contribution >= 4 is 11.6 Å². The number of hydrogen-bond acceptors (Lipinski definition) is 3. The van der Waals surface area contributed by atoms with E-state index in [-0.39, 0.29) is 0 Å². The maximum absolute atomic E-state index is 6.23.